The highest BCUT2D eigenvalue weighted by Crippen LogP contribution is 2.22. The van der Waals surface area contributed by atoms with Gasteiger partial charge in [-0.2, -0.15) is 0 Å². The third kappa shape index (κ3) is 2.16. The van der Waals surface area contributed by atoms with Crippen molar-refractivity contribution in [1.29, 1.82) is 0 Å². The molecule has 1 aliphatic heterocycles. The Bertz CT molecular complexity index is 542. The van der Waals surface area contributed by atoms with Crippen molar-refractivity contribution >= 4 is 16.9 Å². The summed E-state index contributed by atoms with van der Waals surface area (Å²) in [6.07, 6.45) is 1.87. The number of ether oxygens (including phenoxy) is 1. The number of aromatic nitrogens is 1. The lowest BCUT2D eigenvalue weighted by Crippen LogP contribution is -2.22. The summed E-state index contributed by atoms with van der Waals surface area (Å²) >= 11 is 0. The summed E-state index contributed by atoms with van der Waals surface area (Å²) in [6.45, 7) is 1.99. The number of ketones is 1. The number of carbonyl (C=O) groups is 1. The first-order valence-electron chi connectivity index (χ1n) is 6.25. The second-order valence-electron chi connectivity index (χ2n) is 4.73. The summed E-state index contributed by atoms with van der Waals surface area (Å²) in [5.41, 5.74) is 1.52. The lowest BCUT2D eigenvalue weighted by atomic mass is 10.1. The first-order valence-corrected chi connectivity index (χ1v) is 6.25. The molecule has 2 unspecified atom stereocenters. The fourth-order valence-corrected chi connectivity index (χ4v) is 2.30. The lowest BCUT2D eigenvalue weighted by Gasteiger charge is -2.07. The molecule has 0 radical (unpaired) electrons. The molecule has 1 aromatic heterocycles. The van der Waals surface area contributed by atoms with E-state index < -0.39 is 0 Å². The number of hydrogen-bond donors (Lipinski definition) is 0. The Morgan fingerprint density at radius 2 is 2.22 bits per heavy atom. The van der Waals surface area contributed by atoms with Crippen molar-refractivity contribution < 1.29 is 13.9 Å². The van der Waals surface area contributed by atoms with E-state index in [-0.39, 0.29) is 24.4 Å². The normalized spacial score (nSPS) is 23.6. The summed E-state index contributed by atoms with van der Waals surface area (Å²) in [5, 5.41) is 0. The van der Waals surface area contributed by atoms with Crippen LogP contribution in [0, 0.1) is 0 Å². The molecule has 0 amide bonds. The fraction of sp³-hybridized carbons (Fsp3) is 0.429. The number of para-hydroxylation sites is 2. The summed E-state index contributed by atoms with van der Waals surface area (Å²) in [7, 11) is 0. The Hall–Kier alpha value is -1.68. The summed E-state index contributed by atoms with van der Waals surface area (Å²) < 4.78 is 11.1. The Kier molecular flexibility index (Phi) is 2.88. The molecular formula is C14H15NO3. The second kappa shape index (κ2) is 4.53. The molecule has 0 spiro atoms. The lowest BCUT2D eigenvalue weighted by molar-refractivity contribution is -0.129. The summed E-state index contributed by atoms with van der Waals surface area (Å²) in [4.78, 5) is 16.3. The highest BCUT2D eigenvalue weighted by molar-refractivity contribution is 5.85. The number of Topliss-reactive ketones (excluding diaryl/α,β-unsaturated/α-hetero) is 1. The van der Waals surface area contributed by atoms with E-state index in [1.807, 2.05) is 31.2 Å². The quantitative estimate of drug-likeness (QED) is 0.833. The minimum absolute atomic E-state index is 0.0610. The van der Waals surface area contributed by atoms with Crippen LogP contribution in [-0.4, -0.2) is 23.0 Å². The number of nitrogens with zero attached hydrogens (tertiary/aromatic N) is 1. The van der Waals surface area contributed by atoms with Crippen LogP contribution in [0.3, 0.4) is 0 Å². The fourth-order valence-electron chi connectivity index (χ4n) is 2.30. The zero-order valence-electron chi connectivity index (χ0n) is 10.3. The first-order chi connectivity index (χ1) is 8.72. The maximum Gasteiger partial charge on any atom is 0.203 e. The molecule has 1 aliphatic rings. The van der Waals surface area contributed by atoms with Crippen molar-refractivity contribution in [3.63, 3.8) is 0 Å². The zero-order valence-corrected chi connectivity index (χ0v) is 10.3. The van der Waals surface area contributed by atoms with Crippen LogP contribution in [0.25, 0.3) is 11.1 Å². The Morgan fingerprint density at radius 3 is 2.94 bits per heavy atom. The average Bonchev–Trinajstić information content (AvgIpc) is 2.94. The second-order valence-corrected chi connectivity index (χ2v) is 4.73. The number of hydrogen-bond acceptors (Lipinski definition) is 4. The Morgan fingerprint density at radius 1 is 1.39 bits per heavy atom. The van der Waals surface area contributed by atoms with Crippen LogP contribution in [0.1, 0.15) is 25.7 Å². The van der Waals surface area contributed by atoms with E-state index in [1.165, 1.54) is 0 Å². The molecule has 4 heteroatoms. The minimum Gasteiger partial charge on any atom is -0.440 e. The van der Waals surface area contributed by atoms with Gasteiger partial charge in [-0.05, 0) is 31.9 Å². The number of oxazole rings is 1. The standard InChI is InChI=1S/C14H15NO3/c1-9-6-7-13(17-9)11(16)8-14-15-10-4-2-3-5-12(10)18-14/h2-5,9,13H,6-8H2,1H3. The average molecular weight is 245 g/mol. The molecule has 2 heterocycles. The van der Waals surface area contributed by atoms with Crippen LogP contribution in [-0.2, 0) is 16.0 Å². The molecule has 2 atom stereocenters. The molecule has 0 aliphatic carbocycles. The van der Waals surface area contributed by atoms with Gasteiger partial charge in [0.2, 0.25) is 5.89 Å². The van der Waals surface area contributed by atoms with Crippen molar-refractivity contribution in [2.45, 2.75) is 38.4 Å². The molecule has 1 saturated heterocycles. The number of rotatable bonds is 3. The van der Waals surface area contributed by atoms with E-state index in [0.717, 1.165) is 23.9 Å². The third-order valence-electron chi connectivity index (χ3n) is 3.25. The van der Waals surface area contributed by atoms with E-state index in [2.05, 4.69) is 4.98 Å². The number of benzene rings is 1. The predicted octanol–water partition coefficient (Wildman–Crippen LogP) is 2.51. The number of fused-ring (bicyclic) bond motifs is 1. The smallest absolute Gasteiger partial charge is 0.203 e. The molecular weight excluding hydrogens is 230 g/mol. The van der Waals surface area contributed by atoms with Gasteiger partial charge in [0.15, 0.2) is 11.4 Å². The van der Waals surface area contributed by atoms with Crippen LogP contribution >= 0.6 is 0 Å². The van der Waals surface area contributed by atoms with Gasteiger partial charge in [0, 0.05) is 0 Å². The molecule has 1 aromatic carbocycles. The van der Waals surface area contributed by atoms with Gasteiger partial charge in [-0.1, -0.05) is 12.1 Å². The monoisotopic (exact) mass is 245 g/mol. The van der Waals surface area contributed by atoms with Crippen LogP contribution in [0.4, 0.5) is 0 Å². The maximum atomic E-state index is 12.0. The van der Waals surface area contributed by atoms with Gasteiger partial charge < -0.3 is 9.15 Å². The number of carbonyl (C=O) groups excluding carboxylic acids is 1. The van der Waals surface area contributed by atoms with Crippen molar-refractivity contribution in [2.75, 3.05) is 0 Å². The van der Waals surface area contributed by atoms with Gasteiger partial charge >= 0.3 is 0 Å². The molecule has 0 saturated carbocycles. The molecule has 94 valence electrons. The van der Waals surface area contributed by atoms with Crippen molar-refractivity contribution in [3.05, 3.63) is 30.2 Å². The van der Waals surface area contributed by atoms with Crippen molar-refractivity contribution in [1.82, 2.24) is 4.98 Å². The van der Waals surface area contributed by atoms with Gasteiger partial charge in [0.25, 0.3) is 0 Å². The van der Waals surface area contributed by atoms with Crippen LogP contribution < -0.4 is 0 Å². The van der Waals surface area contributed by atoms with Crippen molar-refractivity contribution in [3.8, 4) is 0 Å². The van der Waals surface area contributed by atoms with E-state index in [0.29, 0.717) is 5.89 Å². The highest BCUT2D eigenvalue weighted by Gasteiger charge is 2.28. The van der Waals surface area contributed by atoms with E-state index in [4.69, 9.17) is 9.15 Å². The zero-order chi connectivity index (χ0) is 12.5. The minimum atomic E-state index is -0.282. The highest BCUT2D eigenvalue weighted by atomic mass is 16.5. The molecule has 1 fully saturated rings. The van der Waals surface area contributed by atoms with E-state index in [9.17, 15) is 4.79 Å². The van der Waals surface area contributed by atoms with E-state index in [1.54, 1.807) is 0 Å². The van der Waals surface area contributed by atoms with Crippen LogP contribution in [0.2, 0.25) is 0 Å². The van der Waals surface area contributed by atoms with Gasteiger partial charge in [0.05, 0.1) is 12.5 Å². The molecule has 0 bridgehead atoms. The van der Waals surface area contributed by atoms with E-state index >= 15 is 0 Å². The third-order valence-corrected chi connectivity index (χ3v) is 3.25. The summed E-state index contributed by atoms with van der Waals surface area (Å²) in [5.74, 6) is 0.537. The first kappa shape index (κ1) is 11.4. The largest absolute Gasteiger partial charge is 0.440 e. The molecule has 0 N–H and O–H groups in total. The maximum absolute atomic E-state index is 12.0. The molecule has 18 heavy (non-hydrogen) atoms. The van der Waals surface area contributed by atoms with Gasteiger partial charge in [-0.15, -0.1) is 0 Å². The Balaban J connectivity index is 1.74. The van der Waals surface area contributed by atoms with Crippen LogP contribution in [0.15, 0.2) is 28.7 Å². The SMILES string of the molecule is CC1CCC(C(=O)Cc2nc3ccccc3o2)O1. The van der Waals surface area contributed by atoms with Gasteiger partial charge in [0.1, 0.15) is 11.6 Å². The van der Waals surface area contributed by atoms with Crippen molar-refractivity contribution in [2.24, 2.45) is 0 Å². The molecule has 3 rings (SSSR count). The topological polar surface area (TPSA) is 52.3 Å². The molecule has 2 aromatic rings. The van der Waals surface area contributed by atoms with Gasteiger partial charge in [-0.25, -0.2) is 4.98 Å². The van der Waals surface area contributed by atoms with Gasteiger partial charge in [-0.3, -0.25) is 4.79 Å². The predicted molar refractivity (Wildman–Crippen MR) is 66.3 cm³/mol. The van der Waals surface area contributed by atoms with Crippen LogP contribution in [0.5, 0.6) is 0 Å². The Labute approximate surface area is 105 Å². The molecule has 4 nitrogen and oxygen atoms in total. The summed E-state index contributed by atoms with van der Waals surface area (Å²) in [6, 6.07) is 7.52.